The highest BCUT2D eigenvalue weighted by molar-refractivity contribution is 5.91. The first kappa shape index (κ1) is 14.5. The molecular weight excluding hydrogens is 268 g/mol. The van der Waals surface area contributed by atoms with Gasteiger partial charge in [0, 0.05) is 38.6 Å². The number of rotatable bonds is 0. The molecule has 0 unspecified atom stereocenters. The molecule has 0 radical (unpaired) electrons. The van der Waals surface area contributed by atoms with E-state index in [2.05, 4.69) is 10.2 Å². The normalized spacial score (nSPS) is 25.0. The fourth-order valence-corrected chi connectivity index (χ4v) is 2.93. The number of carbonyl (C=O) groups is 1. The monoisotopic (exact) mass is 290 g/mol. The highest BCUT2D eigenvalue weighted by Crippen LogP contribution is 2.15. The Morgan fingerprint density at radius 2 is 2.10 bits per heavy atom. The van der Waals surface area contributed by atoms with Crippen molar-refractivity contribution in [3.8, 4) is 0 Å². The lowest BCUT2D eigenvalue weighted by Crippen LogP contribution is -2.56. The van der Waals surface area contributed by atoms with E-state index in [4.69, 9.17) is 9.47 Å². The topological polar surface area (TPSA) is 50.8 Å². The fraction of sp³-hybridized carbons (Fsp3) is 0.562. The Hall–Kier alpha value is -1.43. The third-order valence-corrected chi connectivity index (χ3v) is 4.15. The van der Waals surface area contributed by atoms with Crippen molar-refractivity contribution in [3.63, 3.8) is 0 Å². The first-order chi connectivity index (χ1) is 10.3. The molecule has 0 amide bonds. The summed E-state index contributed by atoms with van der Waals surface area (Å²) in [5, 5.41) is 3.36. The Kier molecular flexibility index (Phi) is 4.85. The number of cyclic esters (lactones) is 1. The van der Waals surface area contributed by atoms with Crippen LogP contribution in [0.4, 0.5) is 0 Å². The maximum absolute atomic E-state index is 11.1. The number of esters is 1. The van der Waals surface area contributed by atoms with Gasteiger partial charge in [0.2, 0.25) is 0 Å². The first-order valence-electron chi connectivity index (χ1n) is 7.62. The number of benzene rings is 1. The molecule has 3 aliphatic heterocycles. The summed E-state index contributed by atoms with van der Waals surface area (Å²) in [6, 6.07) is 8.22. The quantitative estimate of drug-likeness (QED) is 0.713. The maximum Gasteiger partial charge on any atom is 0.338 e. The average molecular weight is 290 g/mol. The van der Waals surface area contributed by atoms with E-state index in [9.17, 15) is 4.79 Å². The number of carbonyl (C=O) groups excluding carboxylic acids is 1. The smallest absolute Gasteiger partial charge is 0.338 e. The number of nitrogens with one attached hydrogen (secondary N) is 1. The number of piperazine rings is 1. The van der Waals surface area contributed by atoms with Gasteiger partial charge in [-0.2, -0.15) is 0 Å². The molecule has 21 heavy (non-hydrogen) atoms. The first-order valence-corrected chi connectivity index (χ1v) is 7.62. The lowest BCUT2D eigenvalue weighted by molar-refractivity contribution is -0.0168. The molecule has 0 spiro atoms. The Labute approximate surface area is 125 Å². The van der Waals surface area contributed by atoms with Crippen LogP contribution in [0.5, 0.6) is 0 Å². The third kappa shape index (κ3) is 3.61. The van der Waals surface area contributed by atoms with Gasteiger partial charge >= 0.3 is 5.97 Å². The molecule has 0 aromatic heterocycles. The second-order valence-electron chi connectivity index (χ2n) is 5.51. The van der Waals surface area contributed by atoms with E-state index in [1.165, 1.54) is 6.54 Å². The van der Waals surface area contributed by atoms with Crippen LogP contribution in [-0.4, -0.2) is 62.9 Å². The molecule has 5 nitrogen and oxygen atoms in total. The van der Waals surface area contributed by atoms with Gasteiger partial charge in [0.1, 0.15) is 0 Å². The molecule has 3 aliphatic rings. The zero-order chi connectivity index (χ0) is 14.5. The molecule has 5 heteroatoms. The van der Waals surface area contributed by atoms with E-state index in [0.717, 1.165) is 50.4 Å². The molecule has 0 aliphatic carbocycles. The van der Waals surface area contributed by atoms with Gasteiger partial charge in [0.25, 0.3) is 0 Å². The Bertz CT molecular complexity index is 466. The molecule has 4 rings (SSSR count). The standard InChI is InChI=1S/C9H8O2.C7H14N2O/c10-9-8-4-2-1-3-7(8)5-6-11-9;1-2-9-3-4-10-6-7(9)5-8-1/h1-4H,5-6H2;7-8H,1-6H2/t;7-/m.0/s1. The van der Waals surface area contributed by atoms with Crippen LogP contribution in [0.15, 0.2) is 24.3 Å². The predicted molar refractivity (Wildman–Crippen MR) is 79.5 cm³/mol. The van der Waals surface area contributed by atoms with E-state index in [0.29, 0.717) is 12.6 Å². The Balaban J connectivity index is 0.000000126. The van der Waals surface area contributed by atoms with Crippen LogP contribution in [0, 0.1) is 0 Å². The second kappa shape index (κ2) is 7.02. The van der Waals surface area contributed by atoms with Gasteiger partial charge < -0.3 is 14.8 Å². The minimum absolute atomic E-state index is 0.188. The molecule has 2 fully saturated rings. The zero-order valence-corrected chi connectivity index (χ0v) is 12.2. The number of nitrogens with zero attached hydrogens (tertiary/aromatic N) is 1. The van der Waals surface area contributed by atoms with Crippen LogP contribution in [0.1, 0.15) is 15.9 Å². The van der Waals surface area contributed by atoms with Crippen molar-refractivity contribution in [3.05, 3.63) is 35.4 Å². The third-order valence-electron chi connectivity index (χ3n) is 4.15. The van der Waals surface area contributed by atoms with E-state index in [1.807, 2.05) is 18.2 Å². The molecule has 114 valence electrons. The van der Waals surface area contributed by atoms with E-state index < -0.39 is 0 Å². The summed E-state index contributed by atoms with van der Waals surface area (Å²) in [5.74, 6) is -0.188. The van der Waals surface area contributed by atoms with Crippen molar-refractivity contribution < 1.29 is 14.3 Å². The van der Waals surface area contributed by atoms with Crippen molar-refractivity contribution in [2.75, 3.05) is 46.0 Å². The molecule has 2 saturated heterocycles. The molecular formula is C16H22N2O3. The van der Waals surface area contributed by atoms with E-state index in [-0.39, 0.29) is 5.97 Å². The summed E-state index contributed by atoms with van der Waals surface area (Å²) in [7, 11) is 0. The van der Waals surface area contributed by atoms with Gasteiger partial charge in [0.15, 0.2) is 0 Å². The predicted octanol–water partition coefficient (Wildman–Crippen LogP) is 0.690. The average Bonchev–Trinajstić information content (AvgIpc) is 2.56. The summed E-state index contributed by atoms with van der Waals surface area (Å²) in [4.78, 5) is 13.6. The molecule has 1 aromatic carbocycles. The molecule has 1 atom stereocenters. The number of morpholine rings is 1. The van der Waals surface area contributed by atoms with Gasteiger partial charge in [-0.05, 0) is 11.6 Å². The molecule has 3 heterocycles. The summed E-state index contributed by atoms with van der Waals surface area (Å²) in [6.45, 7) is 6.97. The van der Waals surface area contributed by atoms with Crippen LogP contribution in [0.3, 0.4) is 0 Å². The van der Waals surface area contributed by atoms with Crippen molar-refractivity contribution >= 4 is 5.97 Å². The second-order valence-corrected chi connectivity index (χ2v) is 5.51. The SMILES string of the molecule is C1CN2CCOC[C@@H]2CN1.O=C1OCCc2ccccc21. The Morgan fingerprint density at radius 3 is 2.95 bits per heavy atom. The van der Waals surface area contributed by atoms with Crippen LogP contribution in [-0.2, 0) is 15.9 Å². The van der Waals surface area contributed by atoms with Crippen LogP contribution in [0.25, 0.3) is 0 Å². The van der Waals surface area contributed by atoms with Gasteiger partial charge in [0.05, 0.1) is 25.4 Å². The minimum atomic E-state index is -0.188. The summed E-state index contributed by atoms with van der Waals surface area (Å²) < 4.78 is 10.2. The summed E-state index contributed by atoms with van der Waals surface area (Å²) >= 11 is 0. The van der Waals surface area contributed by atoms with Crippen molar-refractivity contribution in [1.29, 1.82) is 0 Å². The summed E-state index contributed by atoms with van der Waals surface area (Å²) in [5.41, 5.74) is 1.82. The molecule has 0 saturated carbocycles. The van der Waals surface area contributed by atoms with Crippen molar-refractivity contribution in [2.24, 2.45) is 0 Å². The fourth-order valence-electron chi connectivity index (χ4n) is 2.93. The maximum atomic E-state index is 11.1. The molecule has 1 aromatic rings. The largest absolute Gasteiger partial charge is 0.462 e. The van der Waals surface area contributed by atoms with Crippen molar-refractivity contribution in [1.82, 2.24) is 10.2 Å². The highest BCUT2D eigenvalue weighted by atomic mass is 16.5. The zero-order valence-electron chi connectivity index (χ0n) is 12.2. The lowest BCUT2D eigenvalue weighted by Gasteiger charge is -2.39. The van der Waals surface area contributed by atoms with Crippen LogP contribution >= 0.6 is 0 Å². The van der Waals surface area contributed by atoms with Crippen LogP contribution < -0.4 is 5.32 Å². The highest BCUT2D eigenvalue weighted by Gasteiger charge is 2.24. The van der Waals surface area contributed by atoms with Gasteiger partial charge in [-0.3, -0.25) is 4.90 Å². The number of fused-ring (bicyclic) bond motifs is 2. The van der Waals surface area contributed by atoms with Gasteiger partial charge in [-0.15, -0.1) is 0 Å². The van der Waals surface area contributed by atoms with E-state index in [1.54, 1.807) is 6.07 Å². The molecule has 0 bridgehead atoms. The Morgan fingerprint density at radius 1 is 1.19 bits per heavy atom. The van der Waals surface area contributed by atoms with Crippen molar-refractivity contribution in [2.45, 2.75) is 12.5 Å². The summed E-state index contributed by atoms with van der Waals surface area (Å²) in [6.07, 6.45) is 0.849. The number of hydrogen-bond donors (Lipinski definition) is 1. The van der Waals surface area contributed by atoms with Gasteiger partial charge in [-0.1, -0.05) is 18.2 Å². The minimum Gasteiger partial charge on any atom is -0.462 e. The number of hydrogen-bond acceptors (Lipinski definition) is 5. The lowest BCUT2D eigenvalue weighted by atomic mass is 10.0. The molecule has 1 N–H and O–H groups in total. The number of ether oxygens (including phenoxy) is 2. The van der Waals surface area contributed by atoms with Crippen LogP contribution in [0.2, 0.25) is 0 Å². The van der Waals surface area contributed by atoms with E-state index >= 15 is 0 Å². The van der Waals surface area contributed by atoms with Gasteiger partial charge in [-0.25, -0.2) is 4.79 Å².